The minimum Gasteiger partial charge on any atom is -0.478 e. The number of aromatic carboxylic acids is 1. The number of nitrogens with zero attached hydrogens (tertiary/aromatic N) is 1. The monoisotopic (exact) mass is 293 g/mol. The van der Waals surface area contributed by atoms with Crippen LogP contribution in [0.5, 0.6) is 0 Å². The average Bonchev–Trinajstić information content (AvgIpc) is 2.54. The van der Waals surface area contributed by atoms with Crippen molar-refractivity contribution in [3.8, 4) is 6.07 Å². The summed E-state index contributed by atoms with van der Waals surface area (Å²) >= 11 is 0. The van der Waals surface area contributed by atoms with Gasteiger partial charge in [0.25, 0.3) is 0 Å². The zero-order valence-corrected chi connectivity index (χ0v) is 11.6. The molecule has 0 fully saturated rings. The first kappa shape index (κ1) is 14.0. The second-order valence-corrected chi connectivity index (χ2v) is 5.14. The van der Waals surface area contributed by atoms with Gasteiger partial charge in [0.05, 0.1) is 11.1 Å². The molecule has 3 rings (SSSR count). The van der Waals surface area contributed by atoms with Gasteiger partial charge < -0.3 is 5.11 Å². The van der Waals surface area contributed by atoms with Crippen LogP contribution in [0.2, 0.25) is 0 Å². The molecule has 1 N–H and O–H groups in total. The molecule has 2 aromatic carbocycles. The average molecular weight is 293 g/mol. The number of benzene rings is 2. The molecule has 0 saturated carbocycles. The molecule has 1 aliphatic rings. The number of carboxylic acids is 1. The number of nitriles is 1. The van der Waals surface area contributed by atoms with Crippen molar-refractivity contribution < 1.29 is 14.3 Å². The van der Waals surface area contributed by atoms with E-state index in [0.29, 0.717) is 0 Å². The Morgan fingerprint density at radius 1 is 1.23 bits per heavy atom. The fraction of sp³-hybridized carbons (Fsp3) is 0.111. The van der Waals surface area contributed by atoms with E-state index < -0.39 is 11.8 Å². The Labute approximate surface area is 126 Å². The van der Waals surface area contributed by atoms with Crippen LogP contribution in [-0.4, -0.2) is 11.1 Å². The molecule has 22 heavy (non-hydrogen) atoms. The van der Waals surface area contributed by atoms with E-state index >= 15 is 0 Å². The summed E-state index contributed by atoms with van der Waals surface area (Å²) in [5.41, 5.74) is 3.67. The normalized spacial score (nSPS) is 13.0. The van der Waals surface area contributed by atoms with Crippen LogP contribution in [0.3, 0.4) is 0 Å². The molecule has 108 valence electrons. The highest BCUT2D eigenvalue weighted by atomic mass is 19.1. The van der Waals surface area contributed by atoms with Crippen molar-refractivity contribution in [2.75, 3.05) is 0 Å². The molecule has 0 amide bonds. The van der Waals surface area contributed by atoms with Gasteiger partial charge in [0, 0.05) is 0 Å². The Balaban J connectivity index is 2.14. The molecule has 0 bridgehead atoms. The number of hydrogen-bond acceptors (Lipinski definition) is 2. The van der Waals surface area contributed by atoms with Crippen molar-refractivity contribution in [2.45, 2.75) is 12.8 Å². The number of rotatable bonds is 2. The van der Waals surface area contributed by atoms with Gasteiger partial charge in [-0.3, -0.25) is 0 Å². The summed E-state index contributed by atoms with van der Waals surface area (Å²) in [5, 5.41) is 18.1. The van der Waals surface area contributed by atoms with Crippen molar-refractivity contribution in [3.05, 3.63) is 76.1 Å². The topological polar surface area (TPSA) is 61.1 Å². The third-order valence-electron chi connectivity index (χ3n) is 3.81. The van der Waals surface area contributed by atoms with E-state index in [1.165, 1.54) is 12.1 Å². The van der Waals surface area contributed by atoms with Crippen LogP contribution in [0, 0.1) is 17.1 Å². The second-order valence-electron chi connectivity index (χ2n) is 5.14. The highest BCUT2D eigenvalue weighted by Crippen LogP contribution is 2.33. The first-order chi connectivity index (χ1) is 10.6. The zero-order chi connectivity index (χ0) is 15.7. The number of carboxylic acid groups (broad SMARTS) is 1. The molecule has 0 radical (unpaired) electrons. The van der Waals surface area contributed by atoms with Crippen LogP contribution >= 0.6 is 0 Å². The maximum atomic E-state index is 13.5. The quantitative estimate of drug-likeness (QED) is 0.916. The third kappa shape index (κ3) is 2.38. The number of halogens is 1. The van der Waals surface area contributed by atoms with Gasteiger partial charge in [0.15, 0.2) is 0 Å². The van der Waals surface area contributed by atoms with E-state index in [1.807, 2.05) is 18.2 Å². The Morgan fingerprint density at radius 3 is 2.77 bits per heavy atom. The van der Waals surface area contributed by atoms with E-state index in [-0.39, 0.29) is 11.1 Å². The zero-order valence-electron chi connectivity index (χ0n) is 11.6. The number of carbonyl (C=O) groups is 1. The van der Waals surface area contributed by atoms with Crippen LogP contribution in [0.4, 0.5) is 4.39 Å². The van der Waals surface area contributed by atoms with Crippen LogP contribution < -0.4 is 0 Å². The molecule has 2 aromatic rings. The van der Waals surface area contributed by atoms with E-state index in [4.69, 9.17) is 10.4 Å². The summed E-state index contributed by atoms with van der Waals surface area (Å²) in [6.07, 6.45) is 3.67. The summed E-state index contributed by atoms with van der Waals surface area (Å²) in [4.78, 5) is 11.2. The minimum atomic E-state index is -0.982. The van der Waals surface area contributed by atoms with Crippen molar-refractivity contribution >= 4 is 11.5 Å². The number of hydrogen-bond donors (Lipinski definition) is 1. The lowest BCUT2D eigenvalue weighted by molar-refractivity contribution is 0.0697. The first-order valence-corrected chi connectivity index (χ1v) is 6.87. The molecule has 0 aliphatic heterocycles. The van der Waals surface area contributed by atoms with E-state index in [0.717, 1.165) is 35.1 Å². The standard InChI is InChI=1S/C18H12FNO2/c19-17-7-6-12(8-14(17)10-20)15-3-1-2-11-4-5-13(18(21)22)9-16(11)15/h3-9H,1-2H2,(H,21,22). The molecule has 4 heteroatoms. The van der Waals surface area contributed by atoms with E-state index in [1.54, 1.807) is 18.2 Å². The van der Waals surface area contributed by atoms with Gasteiger partial charge >= 0.3 is 5.97 Å². The molecule has 0 aromatic heterocycles. The van der Waals surface area contributed by atoms with Gasteiger partial charge in [-0.2, -0.15) is 5.26 Å². The third-order valence-corrected chi connectivity index (χ3v) is 3.81. The Kier molecular flexibility index (Phi) is 3.48. The molecule has 0 atom stereocenters. The predicted molar refractivity (Wildman–Crippen MR) is 79.9 cm³/mol. The van der Waals surface area contributed by atoms with E-state index in [2.05, 4.69) is 0 Å². The molecule has 0 spiro atoms. The highest BCUT2D eigenvalue weighted by molar-refractivity contribution is 5.91. The van der Waals surface area contributed by atoms with Gasteiger partial charge in [0.2, 0.25) is 0 Å². The fourth-order valence-corrected chi connectivity index (χ4v) is 2.71. The van der Waals surface area contributed by atoms with Crippen molar-refractivity contribution in [3.63, 3.8) is 0 Å². The smallest absolute Gasteiger partial charge is 0.335 e. The lowest BCUT2D eigenvalue weighted by Gasteiger charge is -2.19. The molecule has 0 saturated heterocycles. The summed E-state index contributed by atoms with van der Waals surface area (Å²) in [5.74, 6) is -1.54. The number of allylic oxidation sites excluding steroid dienone is 1. The largest absolute Gasteiger partial charge is 0.478 e. The Bertz CT molecular complexity index is 847. The summed E-state index contributed by atoms with van der Waals surface area (Å²) in [6.45, 7) is 0. The Morgan fingerprint density at radius 2 is 2.05 bits per heavy atom. The highest BCUT2D eigenvalue weighted by Gasteiger charge is 2.17. The SMILES string of the molecule is N#Cc1cc(C2=CCCc3ccc(C(=O)O)cc32)ccc1F. The van der Waals surface area contributed by atoms with Gasteiger partial charge in [-0.1, -0.05) is 18.2 Å². The molecule has 1 aliphatic carbocycles. The van der Waals surface area contributed by atoms with E-state index in [9.17, 15) is 9.18 Å². The second kappa shape index (κ2) is 5.45. The molecule has 3 nitrogen and oxygen atoms in total. The summed E-state index contributed by atoms with van der Waals surface area (Å²) in [7, 11) is 0. The van der Waals surface area contributed by atoms with Crippen LogP contribution in [0.25, 0.3) is 5.57 Å². The van der Waals surface area contributed by atoms with Crippen LogP contribution in [0.15, 0.2) is 42.5 Å². The van der Waals surface area contributed by atoms with Gasteiger partial charge in [-0.05, 0) is 59.4 Å². The number of aryl methyl sites for hydroxylation is 1. The van der Waals surface area contributed by atoms with Crippen LogP contribution in [0.1, 0.15) is 39.0 Å². The summed E-state index contributed by atoms with van der Waals surface area (Å²) in [6, 6.07) is 11.3. The van der Waals surface area contributed by atoms with Crippen molar-refractivity contribution in [1.29, 1.82) is 5.26 Å². The van der Waals surface area contributed by atoms with Gasteiger partial charge in [-0.15, -0.1) is 0 Å². The lowest BCUT2D eigenvalue weighted by Crippen LogP contribution is -2.05. The molecule has 0 heterocycles. The number of fused-ring (bicyclic) bond motifs is 1. The maximum Gasteiger partial charge on any atom is 0.335 e. The fourth-order valence-electron chi connectivity index (χ4n) is 2.71. The van der Waals surface area contributed by atoms with Gasteiger partial charge in [-0.25, -0.2) is 9.18 Å². The minimum absolute atomic E-state index is 0.0140. The summed E-state index contributed by atoms with van der Waals surface area (Å²) < 4.78 is 13.5. The molecular formula is C18H12FNO2. The molecular weight excluding hydrogens is 281 g/mol. The van der Waals surface area contributed by atoms with Crippen molar-refractivity contribution in [1.82, 2.24) is 0 Å². The lowest BCUT2D eigenvalue weighted by atomic mass is 9.85. The van der Waals surface area contributed by atoms with Crippen molar-refractivity contribution in [2.24, 2.45) is 0 Å². The predicted octanol–water partition coefficient (Wildman–Crippen LogP) is 3.77. The Hall–Kier alpha value is -2.93. The van der Waals surface area contributed by atoms with Crippen LogP contribution in [-0.2, 0) is 6.42 Å². The first-order valence-electron chi connectivity index (χ1n) is 6.87. The van der Waals surface area contributed by atoms with Gasteiger partial charge in [0.1, 0.15) is 11.9 Å². The maximum absolute atomic E-state index is 13.5. The molecule has 0 unspecified atom stereocenters.